The molecule has 0 bridgehead atoms. The number of benzene rings is 1. The van der Waals surface area contributed by atoms with Crippen molar-refractivity contribution in [2.75, 3.05) is 0 Å². The van der Waals surface area contributed by atoms with Gasteiger partial charge in [-0.2, -0.15) is 0 Å². The molecule has 1 fully saturated rings. The van der Waals surface area contributed by atoms with Gasteiger partial charge in [-0.3, -0.25) is 0 Å². The molecule has 0 saturated carbocycles. The van der Waals surface area contributed by atoms with Crippen LogP contribution in [0.4, 0.5) is 0 Å². The average molecular weight is 274 g/mol. The molecule has 4 heteroatoms. The lowest BCUT2D eigenvalue weighted by atomic mass is 9.71. The molecule has 1 heterocycles. The van der Waals surface area contributed by atoms with E-state index in [4.69, 9.17) is 9.31 Å². The van der Waals surface area contributed by atoms with Gasteiger partial charge in [-0.05, 0) is 63.5 Å². The molecule has 0 aromatic heterocycles. The first-order valence-electron chi connectivity index (χ1n) is 7.44. The maximum absolute atomic E-state index is 9.82. The molecule has 108 valence electrons. The van der Waals surface area contributed by atoms with E-state index in [9.17, 15) is 5.11 Å². The zero-order chi connectivity index (χ0) is 14.5. The fourth-order valence-electron chi connectivity index (χ4n) is 3.01. The summed E-state index contributed by atoms with van der Waals surface area (Å²) in [4.78, 5) is 0. The Morgan fingerprint density at radius 1 is 1.15 bits per heavy atom. The van der Waals surface area contributed by atoms with Crippen LogP contribution >= 0.6 is 0 Å². The SMILES string of the molecule is CC1(C)OB(c2cccc3c2CCC(O)C3)OC1(C)C. The molecule has 1 aromatic rings. The molecule has 0 radical (unpaired) electrons. The van der Waals surface area contributed by atoms with Crippen LogP contribution in [0.3, 0.4) is 0 Å². The van der Waals surface area contributed by atoms with Crippen LogP contribution in [0.25, 0.3) is 0 Å². The minimum Gasteiger partial charge on any atom is -0.399 e. The molecule has 1 saturated heterocycles. The first-order chi connectivity index (χ1) is 9.30. The Bertz CT molecular complexity index is 508. The predicted molar refractivity (Wildman–Crippen MR) is 80.2 cm³/mol. The second-order valence-electron chi connectivity index (χ2n) is 6.97. The van der Waals surface area contributed by atoms with Crippen LogP contribution in [0, 0.1) is 0 Å². The molecule has 1 atom stereocenters. The first kappa shape index (κ1) is 14.1. The number of fused-ring (bicyclic) bond motifs is 1. The molecule has 2 aliphatic rings. The summed E-state index contributed by atoms with van der Waals surface area (Å²) in [5.41, 5.74) is 3.05. The van der Waals surface area contributed by atoms with Crippen LogP contribution in [0.1, 0.15) is 45.2 Å². The lowest BCUT2D eigenvalue weighted by molar-refractivity contribution is 0.00578. The zero-order valence-corrected chi connectivity index (χ0v) is 12.8. The molecule has 0 spiro atoms. The van der Waals surface area contributed by atoms with Crippen molar-refractivity contribution in [2.24, 2.45) is 0 Å². The summed E-state index contributed by atoms with van der Waals surface area (Å²) < 4.78 is 12.3. The Morgan fingerprint density at radius 3 is 2.45 bits per heavy atom. The van der Waals surface area contributed by atoms with Gasteiger partial charge in [0.1, 0.15) is 0 Å². The van der Waals surface area contributed by atoms with Gasteiger partial charge in [0.05, 0.1) is 17.3 Å². The summed E-state index contributed by atoms with van der Waals surface area (Å²) in [5, 5.41) is 9.82. The number of aliphatic hydroxyl groups is 1. The Balaban J connectivity index is 1.95. The molecule has 20 heavy (non-hydrogen) atoms. The van der Waals surface area contributed by atoms with Crippen molar-refractivity contribution >= 4 is 12.6 Å². The first-order valence-corrected chi connectivity index (χ1v) is 7.44. The van der Waals surface area contributed by atoms with Crippen molar-refractivity contribution in [3.63, 3.8) is 0 Å². The van der Waals surface area contributed by atoms with E-state index in [2.05, 4.69) is 39.8 Å². The standard InChI is InChI=1S/C16H23BO3/c1-15(2)16(3,4)20-17(19-15)14-7-5-6-11-10-12(18)8-9-13(11)14/h5-7,12,18H,8-10H2,1-4H3. The molecule has 1 aliphatic heterocycles. The van der Waals surface area contributed by atoms with E-state index in [0.717, 1.165) is 24.7 Å². The van der Waals surface area contributed by atoms with Crippen molar-refractivity contribution in [1.29, 1.82) is 0 Å². The third-order valence-electron chi connectivity index (χ3n) is 5.00. The second kappa shape index (κ2) is 4.59. The average Bonchev–Trinajstić information content (AvgIpc) is 2.57. The third kappa shape index (κ3) is 2.20. The summed E-state index contributed by atoms with van der Waals surface area (Å²) in [7, 11) is -0.301. The molecular weight excluding hydrogens is 251 g/mol. The third-order valence-corrected chi connectivity index (χ3v) is 5.00. The van der Waals surface area contributed by atoms with Crippen LogP contribution in [0.15, 0.2) is 18.2 Å². The molecule has 1 unspecified atom stereocenters. The Hall–Kier alpha value is -0.835. The Labute approximate surface area is 121 Å². The summed E-state index contributed by atoms with van der Waals surface area (Å²) >= 11 is 0. The van der Waals surface area contributed by atoms with Gasteiger partial charge in [0.2, 0.25) is 0 Å². The normalized spacial score (nSPS) is 27.4. The van der Waals surface area contributed by atoms with Gasteiger partial charge in [-0.1, -0.05) is 18.2 Å². The van der Waals surface area contributed by atoms with Crippen molar-refractivity contribution in [1.82, 2.24) is 0 Å². The molecular formula is C16H23BO3. The van der Waals surface area contributed by atoms with E-state index < -0.39 is 0 Å². The number of hydrogen-bond donors (Lipinski definition) is 1. The lowest BCUT2D eigenvalue weighted by Gasteiger charge is -2.32. The molecule has 3 rings (SSSR count). The molecule has 3 nitrogen and oxygen atoms in total. The van der Waals surface area contributed by atoms with E-state index in [0.29, 0.717) is 0 Å². The summed E-state index contributed by atoms with van der Waals surface area (Å²) in [6, 6.07) is 6.24. The highest BCUT2D eigenvalue weighted by atomic mass is 16.7. The number of aliphatic hydroxyl groups excluding tert-OH is 1. The van der Waals surface area contributed by atoms with Gasteiger partial charge in [0.25, 0.3) is 0 Å². The molecule has 1 aliphatic carbocycles. The van der Waals surface area contributed by atoms with Crippen LogP contribution in [-0.2, 0) is 22.2 Å². The monoisotopic (exact) mass is 274 g/mol. The van der Waals surface area contributed by atoms with Gasteiger partial charge in [-0.25, -0.2) is 0 Å². The minimum atomic E-state index is -0.311. The summed E-state index contributed by atoms with van der Waals surface area (Å²) in [6.07, 6.45) is 2.25. The van der Waals surface area contributed by atoms with Crippen molar-refractivity contribution in [3.05, 3.63) is 29.3 Å². The van der Waals surface area contributed by atoms with Crippen LogP contribution in [0.2, 0.25) is 0 Å². The van der Waals surface area contributed by atoms with E-state index in [1.54, 1.807) is 0 Å². The van der Waals surface area contributed by atoms with Crippen LogP contribution in [0.5, 0.6) is 0 Å². The summed E-state index contributed by atoms with van der Waals surface area (Å²) in [5.74, 6) is 0. The van der Waals surface area contributed by atoms with E-state index in [1.807, 2.05) is 6.07 Å². The smallest absolute Gasteiger partial charge is 0.399 e. The van der Waals surface area contributed by atoms with Crippen molar-refractivity contribution in [2.45, 2.75) is 64.3 Å². The highest BCUT2D eigenvalue weighted by Gasteiger charge is 2.52. The Morgan fingerprint density at radius 2 is 1.80 bits per heavy atom. The number of rotatable bonds is 1. The maximum atomic E-state index is 9.82. The molecule has 0 amide bonds. The second-order valence-corrected chi connectivity index (χ2v) is 6.97. The maximum Gasteiger partial charge on any atom is 0.495 e. The van der Waals surface area contributed by atoms with Gasteiger partial charge in [0.15, 0.2) is 0 Å². The highest BCUT2D eigenvalue weighted by molar-refractivity contribution is 6.62. The van der Waals surface area contributed by atoms with Gasteiger partial charge < -0.3 is 14.4 Å². The van der Waals surface area contributed by atoms with Gasteiger partial charge in [-0.15, -0.1) is 0 Å². The predicted octanol–water partition coefficient (Wildman–Crippen LogP) is 1.84. The molecule has 1 N–H and O–H groups in total. The topological polar surface area (TPSA) is 38.7 Å². The van der Waals surface area contributed by atoms with Crippen molar-refractivity contribution < 1.29 is 14.4 Å². The Kier molecular flexibility index (Phi) is 3.24. The van der Waals surface area contributed by atoms with E-state index in [-0.39, 0.29) is 24.4 Å². The highest BCUT2D eigenvalue weighted by Crippen LogP contribution is 2.37. The molecule has 1 aromatic carbocycles. The summed E-state index contributed by atoms with van der Waals surface area (Å²) in [6.45, 7) is 8.30. The van der Waals surface area contributed by atoms with Gasteiger partial charge in [0, 0.05) is 0 Å². The van der Waals surface area contributed by atoms with Crippen LogP contribution < -0.4 is 5.46 Å². The van der Waals surface area contributed by atoms with Crippen molar-refractivity contribution in [3.8, 4) is 0 Å². The largest absolute Gasteiger partial charge is 0.495 e. The quantitative estimate of drug-likeness (QED) is 0.794. The fraction of sp³-hybridized carbons (Fsp3) is 0.625. The van der Waals surface area contributed by atoms with Crippen LogP contribution in [-0.4, -0.2) is 29.5 Å². The van der Waals surface area contributed by atoms with Gasteiger partial charge >= 0.3 is 7.12 Å². The number of hydrogen-bond acceptors (Lipinski definition) is 3. The van der Waals surface area contributed by atoms with E-state index in [1.165, 1.54) is 11.1 Å². The lowest BCUT2D eigenvalue weighted by Crippen LogP contribution is -2.41. The fourth-order valence-corrected chi connectivity index (χ4v) is 3.01. The zero-order valence-electron chi connectivity index (χ0n) is 12.8. The van der Waals surface area contributed by atoms with E-state index >= 15 is 0 Å². The minimum absolute atomic E-state index is 0.212.